The number of hydrogen-bond donors (Lipinski definition) is 1. The molecule has 0 heterocycles. The SMILES string of the molecule is Cc1ccc(S(=O)(=O)Nc2ccccc2)c(C)c1C. The van der Waals surface area contributed by atoms with Gasteiger partial charge in [0.2, 0.25) is 0 Å². The first-order chi connectivity index (χ1) is 8.92. The molecule has 0 aliphatic carbocycles. The maximum atomic E-state index is 12.4. The molecule has 2 aromatic carbocycles. The van der Waals surface area contributed by atoms with Gasteiger partial charge in [0.05, 0.1) is 4.90 Å². The Kier molecular flexibility index (Phi) is 3.62. The zero-order valence-corrected chi connectivity index (χ0v) is 12.1. The molecular formula is C15H17NO2S. The zero-order valence-electron chi connectivity index (χ0n) is 11.3. The minimum absolute atomic E-state index is 0.333. The Morgan fingerprint density at radius 2 is 1.47 bits per heavy atom. The molecule has 0 fully saturated rings. The van der Waals surface area contributed by atoms with Crippen molar-refractivity contribution in [3.8, 4) is 0 Å². The number of rotatable bonds is 3. The van der Waals surface area contributed by atoms with Gasteiger partial charge < -0.3 is 0 Å². The molecule has 0 aliphatic rings. The molecule has 0 saturated heterocycles. The molecule has 0 bridgehead atoms. The van der Waals surface area contributed by atoms with Gasteiger partial charge in [-0.1, -0.05) is 24.3 Å². The van der Waals surface area contributed by atoms with E-state index < -0.39 is 10.0 Å². The summed E-state index contributed by atoms with van der Waals surface area (Å²) in [5.41, 5.74) is 3.47. The fourth-order valence-corrected chi connectivity index (χ4v) is 3.30. The fraction of sp³-hybridized carbons (Fsp3) is 0.200. The summed E-state index contributed by atoms with van der Waals surface area (Å²) in [5, 5.41) is 0. The summed E-state index contributed by atoms with van der Waals surface area (Å²) >= 11 is 0. The van der Waals surface area contributed by atoms with Crippen LogP contribution in [0.2, 0.25) is 0 Å². The van der Waals surface area contributed by atoms with Gasteiger partial charge in [-0.15, -0.1) is 0 Å². The van der Waals surface area contributed by atoms with Gasteiger partial charge in [0, 0.05) is 5.69 Å². The number of hydrogen-bond acceptors (Lipinski definition) is 2. The standard InChI is InChI=1S/C15H17NO2S/c1-11-9-10-15(13(3)12(11)2)19(17,18)16-14-7-5-4-6-8-14/h4-10,16H,1-3H3. The predicted molar refractivity (Wildman–Crippen MR) is 77.9 cm³/mol. The Bertz CT molecular complexity index is 692. The van der Waals surface area contributed by atoms with Crippen molar-refractivity contribution in [2.24, 2.45) is 0 Å². The van der Waals surface area contributed by atoms with E-state index in [2.05, 4.69) is 4.72 Å². The van der Waals surface area contributed by atoms with Gasteiger partial charge >= 0.3 is 0 Å². The molecule has 2 rings (SSSR count). The molecule has 0 saturated carbocycles. The molecule has 2 aromatic rings. The lowest BCUT2D eigenvalue weighted by Gasteiger charge is -2.13. The third-order valence-electron chi connectivity index (χ3n) is 3.32. The smallest absolute Gasteiger partial charge is 0.262 e. The molecule has 0 aromatic heterocycles. The molecule has 1 N–H and O–H groups in total. The summed E-state index contributed by atoms with van der Waals surface area (Å²) < 4.78 is 27.3. The molecule has 3 nitrogen and oxygen atoms in total. The van der Waals surface area contributed by atoms with E-state index in [4.69, 9.17) is 0 Å². The van der Waals surface area contributed by atoms with Crippen LogP contribution in [0.15, 0.2) is 47.4 Å². The summed E-state index contributed by atoms with van der Waals surface area (Å²) in [6.45, 7) is 5.75. The Morgan fingerprint density at radius 1 is 0.842 bits per heavy atom. The largest absolute Gasteiger partial charge is 0.280 e. The van der Waals surface area contributed by atoms with Crippen LogP contribution in [0.3, 0.4) is 0 Å². The monoisotopic (exact) mass is 275 g/mol. The average molecular weight is 275 g/mol. The minimum Gasteiger partial charge on any atom is -0.280 e. The number of para-hydroxylation sites is 1. The highest BCUT2D eigenvalue weighted by molar-refractivity contribution is 7.92. The quantitative estimate of drug-likeness (QED) is 0.933. The molecule has 0 amide bonds. The second kappa shape index (κ2) is 5.05. The maximum Gasteiger partial charge on any atom is 0.262 e. The average Bonchev–Trinajstić information content (AvgIpc) is 2.36. The van der Waals surface area contributed by atoms with Gasteiger partial charge in [-0.25, -0.2) is 8.42 Å². The molecule has 4 heteroatoms. The van der Waals surface area contributed by atoms with E-state index in [0.29, 0.717) is 10.6 Å². The van der Waals surface area contributed by atoms with Gasteiger partial charge in [0.15, 0.2) is 0 Å². The van der Waals surface area contributed by atoms with E-state index in [-0.39, 0.29) is 0 Å². The summed E-state index contributed by atoms with van der Waals surface area (Å²) in [5.74, 6) is 0. The van der Waals surface area contributed by atoms with Gasteiger partial charge in [0.25, 0.3) is 10.0 Å². The number of nitrogens with one attached hydrogen (secondary N) is 1. The second-order valence-corrected chi connectivity index (χ2v) is 6.25. The van der Waals surface area contributed by atoms with Crippen molar-refractivity contribution in [3.63, 3.8) is 0 Å². The first-order valence-electron chi connectivity index (χ1n) is 6.06. The third kappa shape index (κ3) is 2.79. The number of sulfonamides is 1. The second-order valence-electron chi connectivity index (χ2n) is 4.60. The maximum absolute atomic E-state index is 12.4. The van der Waals surface area contributed by atoms with Gasteiger partial charge in [0.1, 0.15) is 0 Å². The van der Waals surface area contributed by atoms with Crippen LogP contribution in [-0.4, -0.2) is 8.42 Å². The zero-order chi connectivity index (χ0) is 14.0. The molecule has 0 spiro atoms. The van der Waals surface area contributed by atoms with Crippen LogP contribution in [-0.2, 0) is 10.0 Å². The lowest BCUT2D eigenvalue weighted by atomic mass is 10.1. The highest BCUT2D eigenvalue weighted by Gasteiger charge is 2.18. The van der Waals surface area contributed by atoms with E-state index in [1.54, 1.807) is 30.3 Å². The summed E-state index contributed by atoms with van der Waals surface area (Å²) in [6.07, 6.45) is 0. The van der Waals surface area contributed by atoms with E-state index in [0.717, 1.165) is 16.7 Å². The van der Waals surface area contributed by atoms with E-state index in [1.807, 2.05) is 32.9 Å². The van der Waals surface area contributed by atoms with Crippen LogP contribution in [0.1, 0.15) is 16.7 Å². The van der Waals surface area contributed by atoms with Crippen molar-refractivity contribution in [1.29, 1.82) is 0 Å². The third-order valence-corrected chi connectivity index (χ3v) is 4.85. The number of anilines is 1. The van der Waals surface area contributed by atoms with Crippen LogP contribution in [0.4, 0.5) is 5.69 Å². The van der Waals surface area contributed by atoms with Crippen LogP contribution in [0.5, 0.6) is 0 Å². The Morgan fingerprint density at radius 3 is 2.11 bits per heavy atom. The van der Waals surface area contributed by atoms with Crippen LogP contribution >= 0.6 is 0 Å². The predicted octanol–water partition coefficient (Wildman–Crippen LogP) is 3.41. The van der Waals surface area contributed by atoms with Crippen molar-refractivity contribution in [2.75, 3.05) is 4.72 Å². The molecular weight excluding hydrogens is 258 g/mol. The highest BCUT2D eigenvalue weighted by atomic mass is 32.2. The Labute approximate surface area is 114 Å². The Balaban J connectivity index is 2.44. The molecule has 0 aliphatic heterocycles. The molecule has 0 radical (unpaired) electrons. The lowest BCUT2D eigenvalue weighted by molar-refractivity contribution is 0.600. The molecule has 19 heavy (non-hydrogen) atoms. The van der Waals surface area contributed by atoms with Crippen molar-refractivity contribution >= 4 is 15.7 Å². The first-order valence-corrected chi connectivity index (χ1v) is 7.55. The molecule has 0 unspecified atom stereocenters. The highest BCUT2D eigenvalue weighted by Crippen LogP contribution is 2.23. The summed E-state index contributed by atoms with van der Waals surface area (Å²) in [6, 6.07) is 12.4. The minimum atomic E-state index is -3.53. The lowest BCUT2D eigenvalue weighted by Crippen LogP contribution is -2.14. The number of aryl methyl sites for hydroxylation is 1. The van der Waals surface area contributed by atoms with Crippen molar-refractivity contribution in [3.05, 3.63) is 59.2 Å². The van der Waals surface area contributed by atoms with Crippen molar-refractivity contribution in [2.45, 2.75) is 25.7 Å². The summed E-state index contributed by atoms with van der Waals surface area (Å²) in [7, 11) is -3.53. The van der Waals surface area contributed by atoms with Gasteiger partial charge in [-0.05, 0) is 55.7 Å². The van der Waals surface area contributed by atoms with Crippen LogP contribution in [0.25, 0.3) is 0 Å². The van der Waals surface area contributed by atoms with E-state index in [9.17, 15) is 8.42 Å². The molecule has 100 valence electrons. The Hall–Kier alpha value is -1.81. The van der Waals surface area contributed by atoms with Crippen LogP contribution in [0, 0.1) is 20.8 Å². The fourth-order valence-electron chi connectivity index (χ4n) is 1.94. The number of benzene rings is 2. The van der Waals surface area contributed by atoms with Gasteiger partial charge in [-0.2, -0.15) is 0 Å². The van der Waals surface area contributed by atoms with E-state index in [1.165, 1.54) is 0 Å². The van der Waals surface area contributed by atoms with E-state index >= 15 is 0 Å². The van der Waals surface area contributed by atoms with Crippen LogP contribution < -0.4 is 4.72 Å². The normalized spacial score (nSPS) is 11.3. The summed E-state index contributed by atoms with van der Waals surface area (Å²) in [4.78, 5) is 0.333. The first kappa shape index (κ1) is 13.6. The van der Waals surface area contributed by atoms with Crippen molar-refractivity contribution in [1.82, 2.24) is 0 Å². The molecule has 0 atom stereocenters. The van der Waals surface area contributed by atoms with Crippen molar-refractivity contribution < 1.29 is 8.42 Å². The van der Waals surface area contributed by atoms with Gasteiger partial charge in [-0.3, -0.25) is 4.72 Å². The topological polar surface area (TPSA) is 46.2 Å².